The average molecular weight is 283 g/mol. The molecule has 0 spiro atoms. The maximum absolute atomic E-state index is 11.9. The second-order valence-corrected chi connectivity index (χ2v) is 5.42. The van der Waals surface area contributed by atoms with E-state index in [9.17, 15) is 8.42 Å². The van der Waals surface area contributed by atoms with Crippen molar-refractivity contribution in [3.05, 3.63) is 36.1 Å². The number of pyridine rings is 1. The summed E-state index contributed by atoms with van der Waals surface area (Å²) in [7, 11) is -1.87. The predicted octanol–water partition coefficient (Wildman–Crippen LogP) is -0.338. The van der Waals surface area contributed by atoms with Crippen LogP contribution in [0.1, 0.15) is 11.4 Å². The fraction of sp³-hybridized carbons (Fsp3) is 0.300. The second-order valence-electron chi connectivity index (χ2n) is 3.71. The minimum atomic E-state index is -3.67. The zero-order chi connectivity index (χ0) is 13.7. The van der Waals surface area contributed by atoms with E-state index in [1.807, 2.05) is 0 Å². The van der Waals surface area contributed by atoms with Crippen LogP contribution < -0.4 is 10.0 Å². The number of hydrogen-bond acceptors (Lipinski definition) is 7. The molecule has 2 aromatic heterocycles. The molecule has 0 aliphatic heterocycles. The van der Waals surface area contributed by atoms with Crippen LogP contribution in [0.15, 0.2) is 34.3 Å². The SMILES string of the molecule is CNCc1ccc(S(=O)(=O)NCc2ncon2)nc1. The summed E-state index contributed by atoms with van der Waals surface area (Å²) < 4.78 is 30.7. The number of sulfonamides is 1. The summed E-state index contributed by atoms with van der Waals surface area (Å²) in [5.74, 6) is 0.260. The highest BCUT2D eigenvalue weighted by molar-refractivity contribution is 7.89. The van der Waals surface area contributed by atoms with Crippen LogP contribution >= 0.6 is 0 Å². The van der Waals surface area contributed by atoms with E-state index in [0.717, 1.165) is 12.0 Å². The monoisotopic (exact) mass is 283 g/mol. The molecule has 0 saturated heterocycles. The average Bonchev–Trinajstić information content (AvgIpc) is 2.91. The summed E-state index contributed by atoms with van der Waals surface area (Å²) in [4.78, 5) is 7.63. The number of rotatable bonds is 6. The zero-order valence-electron chi connectivity index (χ0n) is 10.2. The Bertz CT molecular complexity index is 609. The Kier molecular flexibility index (Phi) is 4.20. The molecule has 0 bridgehead atoms. The molecule has 0 aliphatic rings. The molecule has 19 heavy (non-hydrogen) atoms. The molecule has 2 N–H and O–H groups in total. The van der Waals surface area contributed by atoms with Gasteiger partial charge < -0.3 is 9.84 Å². The Balaban J connectivity index is 2.06. The fourth-order valence-electron chi connectivity index (χ4n) is 1.38. The largest absolute Gasteiger partial charge is 0.343 e. The molecule has 2 rings (SSSR count). The van der Waals surface area contributed by atoms with Gasteiger partial charge in [0.1, 0.15) is 0 Å². The lowest BCUT2D eigenvalue weighted by molar-refractivity contribution is 0.409. The molecule has 9 heteroatoms. The molecule has 0 unspecified atom stereocenters. The number of nitrogens with zero attached hydrogens (tertiary/aromatic N) is 3. The topological polar surface area (TPSA) is 110 Å². The Morgan fingerprint density at radius 2 is 2.11 bits per heavy atom. The van der Waals surface area contributed by atoms with Crippen LogP contribution in [-0.4, -0.2) is 30.6 Å². The first-order valence-electron chi connectivity index (χ1n) is 5.46. The Labute approximate surface area is 110 Å². The van der Waals surface area contributed by atoms with Gasteiger partial charge in [-0.3, -0.25) is 0 Å². The third kappa shape index (κ3) is 3.56. The maximum atomic E-state index is 11.9. The zero-order valence-corrected chi connectivity index (χ0v) is 11.0. The van der Waals surface area contributed by atoms with Crippen LogP contribution in [0, 0.1) is 0 Å². The lowest BCUT2D eigenvalue weighted by Crippen LogP contribution is -2.24. The summed E-state index contributed by atoms with van der Waals surface area (Å²) in [6, 6.07) is 3.15. The number of nitrogens with one attached hydrogen (secondary N) is 2. The van der Waals surface area contributed by atoms with Crippen molar-refractivity contribution < 1.29 is 12.9 Å². The summed E-state index contributed by atoms with van der Waals surface area (Å²) >= 11 is 0. The second kappa shape index (κ2) is 5.87. The Hall–Kier alpha value is -1.84. The van der Waals surface area contributed by atoms with Crippen LogP contribution in [0.2, 0.25) is 0 Å². The minimum Gasteiger partial charge on any atom is -0.343 e. The van der Waals surface area contributed by atoms with Crippen LogP contribution in [0.4, 0.5) is 0 Å². The van der Waals surface area contributed by atoms with E-state index in [1.54, 1.807) is 13.1 Å². The molecule has 0 aromatic carbocycles. The lowest BCUT2D eigenvalue weighted by atomic mass is 10.3. The highest BCUT2D eigenvalue weighted by Crippen LogP contribution is 2.07. The van der Waals surface area contributed by atoms with Gasteiger partial charge in [0, 0.05) is 12.7 Å². The molecule has 2 heterocycles. The van der Waals surface area contributed by atoms with E-state index in [4.69, 9.17) is 0 Å². The van der Waals surface area contributed by atoms with Gasteiger partial charge >= 0.3 is 0 Å². The first kappa shape index (κ1) is 13.6. The fourth-order valence-corrected chi connectivity index (χ4v) is 2.29. The van der Waals surface area contributed by atoms with Gasteiger partial charge in [0.15, 0.2) is 10.9 Å². The number of aromatic nitrogens is 3. The van der Waals surface area contributed by atoms with Crippen molar-refractivity contribution in [2.24, 2.45) is 0 Å². The highest BCUT2D eigenvalue weighted by Gasteiger charge is 2.16. The summed E-state index contributed by atoms with van der Waals surface area (Å²) in [6.07, 6.45) is 2.65. The van der Waals surface area contributed by atoms with Crippen LogP contribution in [-0.2, 0) is 23.1 Å². The molecular formula is C10H13N5O3S. The third-order valence-corrected chi connectivity index (χ3v) is 3.60. The van der Waals surface area contributed by atoms with E-state index < -0.39 is 10.0 Å². The molecule has 0 fully saturated rings. The van der Waals surface area contributed by atoms with Crippen LogP contribution in [0.3, 0.4) is 0 Å². The van der Waals surface area contributed by atoms with E-state index in [1.165, 1.54) is 12.3 Å². The predicted molar refractivity (Wildman–Crippen MR) is 65.3 cm³/mol. The van der Waals surface area contributed by atoms with Crippen molar-refractivity contribution in [2.45, 2.75) is 18.1 Å². The maximum Gasteiger partial charge on any atom is 0.258 e. The molecule has 2 aromatic rings. The summed E-state index contributed by atoms with van der Waals surface area (Å²) in [6.45, 7) is 0.586. The molecule has 0 radical (unpaired) electrons. The summed E-state index contributed by atoms with van der Waals surface area (Å²) in [5, 5.41) is 6.42. The Morgan fingerprint density at radius 3 is 2.68 bits per heavy atom. The van der Waals surface area contributed by atoms with Crippen molar-refractivity contribution in [2.75, 3.05) is 7.05 Å². The smallest absolute Gasteiger partial charge is 0.258 e. The normalized spacial score (nSPS) is 11.6. The van der Waals surface area contributed by atoms with Crippen molar-refractivity contribution in [3.63, 3.8) is 0 Å². The van der Waals surface area contributed by atoms with Gasteiger partial charge in [-0.25, -0.2) is 18.1 Å². The highest BCUT2D eigenvalue weighted by atomic mass is 32.2. The van der Waals surface area contributed by atoms with E-state index in [2.05, 4.69) is 29.7 Å². The van der Waals surface area contributed by atoms with E-state index in [-0.39, 0.29) is 17.4 Å². The van der Waals surface area contributed by atoms with E-state index in [0.29, 0.717) is 6.54 Å². The van der Waals surface area contributed by atoms with Gasteiger partial charge in [-0.05, 0) is 18.7 Å². The lowest BCUT2D eigenvalue weighted by Gasteiger charge is -2.05. The molecule has 0 saturated carbocycles. The molecule has 8 nitrogen and oxygen atoms in total. The van der Waals surface area contributed by atoms with Gasteiger partial charge in [-0.15, -0.1) is 0 Å². The van der Waals surface area contributed by atoms with Crippen molar-refractivity contribution in [1.29, 1.82) is 0 Å². The number of hydrogen-bond donors (Lipinski definition) is 2. The van der Waals surface area contributed by atoms with Gasteiger partial charge in [0.05, 0.1) is 6.54 Å². The van der Waals surface area contributed by atoms with E-state index >= 15 is 0 Å². The van der Waals surface area contributed by atoms with Gasteiger partial charge in [-0.2, -0.15) is 4.98 Å². The quantitative estimate of drug-likeness (QED) is 0.746. The molecule has 0 amide bonds. The molecular weight excluding hydrogens is 270 g/mol. The van der Waals surface area contributed by atoms with Crippen LogP contribution in [0.25, 0.3) is 0 Å². The molecule has 0 atom stereocenters. The Morgan fingerprint density at radius 1 is 1.26 bits per heavy atom. The first-order valence-corrected chi connectivity index (χ1v) is 6.94. The van der Waals surface area contributed by atoms with Gasteiger partial charge in [-0.1, -0.05) is 11.2 Å². The summed E-state index contributed by atoms with van der Waals surface area (Å²) in [5.41, 5.74) is 0.902. The minimum absolute atomic E-state index is 0.0429. The molecule has 102 valence electrons. The van der Waals surface area contributed by atoms with Crippen molar-refractivity contribution in [3.8, 4) is 0 Å². The first-order chi connectivity index (χ1) is 9.12. The van der Waals surface area contributed by atoms with Gasteiger partial charge in [0.2, 0.25) is 6.39 Å². The molecule has 0 aliphatic carbocycles. The van der Waals surface area contributed by atoms with Crippen molar-refractivity contribution in [1.82, 2.24) is 25.2 Å². The van der Waals surface area contributed by atoms with Crippen LogP contribution in [0.5, 0.6) is 0 Å². The van der Waals surface area contributed by atoms with Crippen molar-refractivity contribution >= 4 is 10.0 Å². The standard InChI is InChI=1S/C10H13N5O3S/c1-11-4-8-2-3-10(12-5-8)19(16,17)14-6-9-13-7-18-15-9/h2-3,5,7,11,14H,4,6H2,1H3. The third-order valence-electron chi connectivity index (χ3n) is 2.28. The van der Waals surface area contributed by atoms with Gasteiger partial charge in [0.25, 0.3) is 10.0 Å².